The molecule has 0 radical (unpaired) electrons. The monoisotopic (exact) mass is 334 g/mol. The van der Waals surface area contributed by atoms with Gasteiger partial charge in [0.05, 0.1) is 11.8 Å². The first-order valence-electron chi connectivity index (χ1n) is 8.17. The zero-order valence-electron chi connectivity index (χ0n) is 14.7. The Morgan fingerprint density at radius 3 is 2.80 bits per heavy atom. The van der Waals surface area contributed by atoms with E-state index in [1.54, 1.807) is 0 Å². The third-order valence-electron chi connectivity index (χ3n) is 4.32. The van der Waals surface area contributed by atoms with Crippen LogP contribution in [0.5, 0.6) is 0 Å². The summed E-state index contributed by atoms with van der Waals surface area (Å²) in [6, 6.07) is 10.8. The Labute approximate surface area is 146 Å². The molecule has 3 heterocycles. The summed E-state index contributed by atoms with van der Waals surface area (Å²) in [5, 5.41) is 9.73. The summed E-state index contributed by atoms with van der Waals surface area (Å²) < 4.78 is 2.04. The van der Waals surface area contributed by atoms with Crippen molar-refractivity contribution < 1.29 is 0 Å². The van der Waals surface area contributed by atoms with Crippen LogP contribution < -0.4 is 5.32 Å². The lowest BCUT2D eigenvalue weighted by Crippen LogP contribution is -1.95. The van der Waals surface area contributed by atoms with Crippen molar-refractivity contribution in [1.82, 2.24) is 19.5 Å². The van der Waals surface area contributed by atoms with E-state index in [4.69, 9.17) is 5.41 Å². The Morgan fingerprint density at radius 2 is 2.08 bits per heavy atom. The topological polar surface area (TPSA) is 82.4 Å². The molecule has 0 atom stereocenters. The van der Waals surface area contributed by atoms with Crippen LogP contribution in [0, 0.1) is 5.41 Å². The number of anilines is 1. The molecule has 128 valence electrons. The maximum atomic E-state index is 5.50. The number of nitrogens with one attached hydrogen (secondary N) is 3. The molecule has 0 spiro atoms. The predicted octanol–water partition coefficient (Wildman–Crippen LogP) is 3.99. The highest BCUT2D eigenvalue weighted by atomic mass is 15.1. The molecule has 0 aliphatic carbocycles. The molecule has 4 rings (SSSR count). The van der Waals surface area contributed by atoms with Crippen LogP contribution in [0.3, 0.4) is 0 Å². The second kappa shape index (κ2) is 6.76. The molecule has 6 heteroatoms. The van der Waals surface area contributed by atoms with Gasteiger partial charge in [0, 0.05) is 25.2 Å². The molecule has 0 unspecified atom stereocenters. The number of aromatic nitrogens is 4. The quantitative estimate of drug-likeness (QED) is 0.495. The van der Waals surface area contributed by atoms with Gasteiger partial charge < -0.3 is 20.3 Å². The molecular formula is C19H22N6. The van der Waals surface area contributed by atoms with E-state index < -0.39 is 0 Å². The van der Waals surface area contributed by atoms with E-state index in [1.165, 1.54) is 11.1 Å². The standard InChI is InChI=1S/C18H19N5.CH3N/c1-4-11-6-5-7-12(8-11)14-9-13-16-15(20-10-23(16)3)18(19-2)22-17(13)21-14;1-2/h5-10H,4H2,1-3H3,(H2,19,21,22);2H,1H2. The second-order valence-corrected chi connectivity index (χ2v) is 5.76. The minimum Gasteiger partial charge on any atom is -0.371 e. The normalized spacial score (nSPS) is 10.7. The highest BCUT2D eigenvalue weighted by molar-refractivity contribution is 6.07. The number of imidazole rings is 1. The number of benzene rings is 1. The summed E-state index contributed by atoms with van der Waals surface area (Å²) in [4.78, 5) is 12.6. The van der Waals surface area contributed by atoms with E-state index in [0.29, 0.717) is 0 Å². The van der Waals surface area contributed by atoms with Crippen LogP contribution in [0.15, 0.2) is 36.7 Å². The molecular weight excluding hydrogens is 312 g/mol. The fourth-order valence-electron chi connectivity index (χ4n) is 3.09. The van der Waals surface area contributed by atoms with Crippen LogP contribution >= 0.6 is 0 Å². The molecule has 0 saturated carbocycles. The lowest BCUT2D eigenvalue weighted by Gasteiger charge is -2.02. The number of aromatic amines is 1. The molecule has 0 aliphatic rings. The molecule has 0 saturated heterocycles. The minimum atomic E-state index is 0.795. The van der Waals surface area contributed by atoms with E-state index in [2.05, 4.69) is 64.2 Å². The van der Waals surface area contributed by atoms with Crippen LogP contribution in [0.4, 0.5) is 5.82 Å². The molecule has 3 N–H and O–H groups in total. The molecule has 3 aromatic heterocycles. The number of hydrogen-bond acceptors (Lipinski definition) is 4. The van der Waals surface area contributed by atoms with Gasteiger partial charge in [-0.05, 0) is 36.4 Å². The number of pyridine rings is 1. The van der Waals surface area contributed by atoms with Gasteiger partial charge in [0.2, 0.25) is 0 Å². The molecule has 1 aromatic carbocycles. The number of rotatable bonds is 3. The summed E-state index contributed by atoms with van der Waals surface area (Å²) in [6.07, 6.45) is 2.86. The first-order chi connectivity index (χ1) is 12.2. The Morgan fingerprint density at radius 1 is 1.28 bits per heavy atom. The molecule has 25 heavy (non-hydrogen) atoms. The molecule has 0 aliphatic heterocycles. The zero-order valence-corrected chi connectivity index (χ0v) is 14.7. The summed E-state index contributed by atoms with van der Waals surface area (Å²) in [6.45, 7) is 4.67. The largest absolute Gasteiger partial charge is 0.371 e. The average Bonchev–Trinajstić information content (AvgIpc) is 3.26. The maximum absolute atomic E-state index is 5.50. The highest BCUT2D eigenvalue weighted by Crippen LogP contribution is 2.31. The van der Waals surface area contributed by atoms with E-state index >= 15 is 0 Å². The van der Waals surface area contributed by atoms with Gasteiger partial charge in [-0.25, -0.2) is 9.97 Å². The Balaban J connectivity index is 0.000000880. The van der Waals surface area contributed by atoms with E-state index in [1.807, 2.05) is 25.0 Å². The Hall–Kier alpha value is -3.15. The van der Waals surface area contributed by atoms with E-state index in [-0.39, 0.29) is 0 Å². The van der Waals surface area contributed by atoms with Gasteiger partial charge in [-0.2, -0.15) is 0 Å². The van der Waals surface area contributed by atoms with Crippen molar-refractivity contribution in [2.75, 3.05) is 12.4 Å². The lowest BCUT2D eigenvalue weighted by molar-refractivity contribution is 0.951. The average molecular weight is 334 g/mol. The fourth-order valence-corrected chi connectivity index (χ4v) is 3.09. The number of fused-ring (bicyclic) bond motifs is 3. The van der Waals surface area contributed by atoms with Gasteiger partial charge in [0.15, 0.2) is 5.82 Å². The van der Waals surface area contributed by atoms with Crippen molar-refractivity contribution in [3.63, 3.8) is 0 Å². The van der Waals surface area contributed by atoms with E-state index in [9.17, 15) is 0 Å². The Bertz CT molecular complexity index is 1030. The minimum absolute atomic E-state index is 0.795. The van der Waals surface area contributed by atoms with Crippen LogP contribution in [0.2, 0.25) is 0 Å². The zero-order chi connectivity index (χ0) is 18.0. The summed E-state index contributed by atoms with van der Waals surface area (Å²) in [7, 11) is 3.88. The SMILES string of the molecule is C=N.CCc1cccc(-c2cc3c(nc(NC)c4ncn(C)c43)[nH]2)c1. The lowest BCUT2D eigenvalue weighted by atomic mass is 10.1. The molecule has 4 aromatic rings. The number of nitrogens with zero attached hydrogens (tertiary/aromatic N) is 3. The first-order valence-corrected chi connectivity index (χ1v) is 8.17. The van der Waals surface area contributed by atoms with Crippen LogP contribution in [-0.2, 0) is 13.5 Å². The van der Waals surface area contributed by atoms with Gasteiger partial charge in [-0.1, -0.05) is 25.1 Å². The molecule has 0 fully saturated rings. The third-order valence-corrected chi connectivity index (χ3v) is 4.32. The first kappa shape index (κ1) is 16.7. The van der Waals surface area contributed by atoms with Crippen LogP contribution in [-0.4, -0.2) is 33.3 Å². The summed E-state index contributed by atoms with van der Waals surface area (Å²) >= 11 is 0. The van der Waals surface area contributed by atoms with Crippen molar-refractivity contribution in [1.29, 1.82) is 5.41 Å². The maximum Gasteiger partial charge on any atom is 0.156 e. The fraction of sp³-hybridized carbons (Fsp3) is 0.211. The van der Waals surface area contributed by atoms with Gasteiger partial charge in [-0.3, -0.25) is 0 Å². The van der Waals surface area contributed by atoms with Gasteiger partial charge in [0.25, 0.3) is 0 Å². The van der Waals surface area contributed by atoms with Crippen LogP contribution in [0.1, 0.15) is 12.5 Å². The van der Waals surface area contributed by atoms with Crippen molar-refractivity contribution >= 4 is 34.6 Å². The highest BCUT2D eigenvalue weighted by Gasteiger charge is 2.15. The molecule has 0 amide bonds. The van der Waals surface area contributed by atoms with Gasteiger partial charge in [-0.15, -0.1) is 0 Å². The van der Waals surface area contributed by atoms with Crippen molar-refractivity contribution in [3.05, 3.63) is 42.2 Å². The predicted molar refractivity (Wildman–Crippen MR) is 105 cm³/mol. The Kier molecular flexibility index (Phi) is 4.52. The number of H-pyrrole nitrogens is 1. The second-order valence-electron chi connectivity index (χ2n) is 5.76. The number of aryl methyl sites for hydroxylation is 2. The molecule has 6 nitrogen and oxygen atoms in total. The summed E-state index contributed by atoms with van der Waals surface area (Å²) in [5.41, 5.74) is 6.46. The molecule has 0 bridgehead atoms. The van der Waals surface area contributed by atoms with Gasteiger partial charge >= 0.3 is 0 Å². The van der Waals surface area contributed by atoms with Crippen molar-refractivity contribution in [2.45, 2.75) is 13.3 Å². The summed E-state index contributed by atoms with van der Waals surface area (Å²) in [5.74, 6) is 0.795. The third kappa shape index (κ3) is 2.76. The van der Waals surface area contributed by atoms with Crippen LogP contribution in [0.25, 0.3) is 33.3 Å². The number of hydrogen-bond donors (Lipinski definition) is 3. The van der Waals surface area contributed by atoms with Crippen molar-refractivity contribution in [3.8, 4) is 11.3 Å². The van der Waals surface area contributed by atoms with Crippen molar-refractivity contribution in [2.24, 2.45) is 7.05 Å². The van der Waals surface area contributed by atoms with E-state index in [0.717, 1.165) is 40.0 Å². The smallest absolute Gasteiger partial charge is 0.156 e. The van der Waals surface area contributed by atoms with Gasteiger partial charge in [0.1, 0.15) is 11.2 Å².